The molecule has 0 spiro atoms. The number of amides is 1. The maximum atomic E-state index is 12.3. The molecule has 1 unspecified atom stereocenters. The van der Waals surface area contributed by atoms with Crippen molar-refractivity contribution in [1.82, 2.24) is 10.2 Å². The first-order valence-corrected chi connectivity index (χ1v) is 6.66. The lowest BCUT2D eigenvalue weighted by molar-refractivity contribution is -0.137. The number of aryl methyl sites for hydroxylation is 1. The van der Waals surface area contributed by atoms with Crippen molar-refractivity contribution in [2.24, 2.45) is 0 Å². The minimum absolute atomic E-state index is 0.0326. The highest BCUT2D eigenvalue weighted by molar-refractivity contribution is 5.82. The van der Waals surface area contributed by atoms with E-state index in [4.69, 9.17) is 4.42 Å². The van der Waals surface area contributed by atoms with E-state index in [9.17, 15) is 4.79 Å². The van der Waals surface area contributed by atoms with Crippen molar-refractivity contribution in [3.63, 3.8) is 0 Å². The van der Waals surface area contributed by atoms with E-state index in [1.807, 2.05) is 24.0 Å². The zero-order chi connectivity index (χ0) is 13.1. The second kappa shape index (κ2) is 5.57. The predicted molar refractivity (Wildman–Crippen MR) is 70.2 cm³/mol. The van der Waals surface area contributed by atoms with Gasteiger partial charge in [-0.05, 0) is 31.9 Å². The van der Waals surface area contributed by atoms with Crippen LogP contribution in [0.15, 0.2) is 16.5 Å². The Morgan fingerprint density at radius 2 is 2.28 bits per heavy atom. The monoisotopic (exact) mass is 250 g/mol. The van der Waals surface area contributed by atoms with Gasteiger partial charge in [0.05, 0.1) is 12.6 Å². The first-order chi connectivity index (χ1) is 8.56. The molecule has 100 valence electrons. The molecule has 0 aromatic carbocycles. The smallest absolute Gasteiger partial charge is 0.240 e. The first-order valence-electron chi connectivity index (χ1n) is 6.66. The fourth-order valence-corrected chi connectivity index (χ4v) is 2.41. The molecule has 1 fully saturated rings. The van der Waals surface area contributed by atoms with Crippen molar-refractivity contribution >= 4 is 5.91 Å². The van der Waals surface area contributed by atoms with Crippen molar-refractivity contribution in [3.05, 3.63) is 23.7 Å². The summed E-state index contributed by atoms with van der Waals surface area (Å²) in [7, 11) is 0. The van der Waals surface area contributed by atoms with Gasteiger partial charge in [-0.25, -0.2) is 0 Å². The number of hydrogen-bond acceptors (Lipinski definition) is 3. The molecule has 0 bridgehead atoms. The summed E-state index contributed by atoms with van der Waals surface area (Å²) in [6.07, 6.45) is 1.99. The zero-order valence-corrected chi connectivity index (χ0v) is 11.4. The molecule has 0 radical (unpaired) electrons. The first kappa shape index (κ1) is 13.1. The quantitative estimate of drug-likeness (QED) is 0.890. The van der Waals surface area contributed by atoms with E-state index >= 15 is 0 Å². The molecule has 0 saturated carbocycles. The van der Waals surface area contributed by atoms with Gasteiger partial charge in [-0.1, -0.05) is 13.8 Å². The average Bonchev–Trinajstić information content (AvgIpc) is 2.69. The molecule has 18 heavy (non-hydrogen) atoms. The molecule has 1 aliphatic heterocycles. The number of nitrogens with one attached hydrogen (secondary N) is 1. The fraction of sp³-hybridized carbons (Fsp3) is 0.643. The third-order valence-corrected chi connectivity index (χ3v) is 3.21. The summed E-state index contributed by atoms with van der Waals surface area (Å²) >= 11 is 0. The normalized spacial score (nSPS) is 20.8. The lowest BCUT2D eigenvalue weighted by Crippen LogP contribution is -2.51. The van der Waals surface area contributed by atoms with Crippen LogP contribution in [0.3, 0.4) is 0 Å². The van der Waals surface area contributed by atoms with Crippen LogP contribution in [-0.4, -0.2) is 29.4 Å². The van der Waals surface area contributed by atoms with Gasteiger partial charge in [-0.15, -0.1) is 0 Å². The fourth-order valence-electron chi connectivity index (χ4n) is 2.41. The van der Waals surface area contributed by atoms with E-state index in [2.05, 4.69) is 19.2 Å². The van der Waals surface area contributed by atoms with Crippen LogP contribution >= 0.6 is 0 Å². The largest absolute Gasteiger partial charge is 0.464 e. The molecule has 2 heterocycles. The van der Waals surface area contributed by atoms with E-state index in [0.29, 0.717) is 12.6 Å². The Morgan fingerprint density at radius 3 is 2.89 bits per heavy atom. The standard InChI is InChI=1S/C14H22N2O2/c1-10(2)15-13-5-4-8-16(14(13)17)9-12-7-6-11(3)18-12/h6-7,10,13,15H,4-5,8-9H2,1-3H3. The van der Waals surface area contributed by atoms with Crippen molar-refractivity contribution in [2.45, 2.75) is 52.2 Å². The number of piperidine rings is 1. The Kier molecular flexibility index (Phi) is 4.07. The van der Waals surface area contributed by atoms with Gasteiger partial charge >= 0.3 is 0 Å². The molecule has 0 aliphatic carbocycles. The van der Waals surface area contributed by atoms with Gasteiger partial charge in [-0.2, -0.15) is 0 Å². The second-order valence-electron chi connectivity index (χ2n) is 5.29. The minimum Gasteiger partial charge on any atom is -0.464 e. The van der Waals surface area contributed by atoms with Gasteiger partial charge in [-0.3, -0.25) is 4.79 Å². The average molecular weight is 250 g/mol. The van der Waals surface area contributed by atoms with Gasteiger partial charge in [0, 0.05) is 12.6 Å². The molecule has 1 aromatic heterocycles. The van der Waals surface area contributed by atoms with Crippen LogP contribution in [0.5, 0.6) is 0 Å². The predicted octanol–water partition coefficient (Wildman–Crippen LogP) is 2.08. The van der Waals surface area contributed by atoms with Crippen molar-refractivity contribution in [1.29, 1.82) is 0 Å². The summed E-state index contributed by atoms with van der Waals surface area (Å²) in [5, 5.41) is 3.33. The highest BCUT2D eigenvalue weighted by Gasteiger charge is 2.29. The van der Waals surface area contributed by atoms with Gasteiger partial charge in [0.1, 0.15) is 11.5 Å². The SMILES string of the molecule is Cc1ccc(CN2CCCC(NC(C)C)C2=O)o1. The number of rotatable bonds is 4. The summed E-state index contributed by atoms with van der Waals surface area (Å²) < 4.78 is 5.54. The number of likely N-dealkylation sites (tertiary alicyclic amines) is 1. The van der Waals surface area contributed by atoms with E-state index < -0.39 is 0 Å². The van der Waals surface area contributed by atoms with Crippen molar-refractivity contribution in [2.75, 3.05) is 6.54 Å². The van der Waals surface area contributed by atoms with Crippen molar-refractivity contribution < 1.29 is 9.21 Å². The Morgan fingerprint density at radius 1 is 1.50 bits per heavy atom. The van der Waals surface area contributed by atoms with E-state index in [0.717, 1.165) is 30.9 Å². The van der Waals surface area contributed by atoms with Crippen LogP contribution in [-0.2, 0) is 11.3 Å². The molecule has 1 aliphatic rings. The van der Waals surface area contributed by atoms with Gasteiger partial charge in [0.25, 0.3) is 0 Å². The van der Waals surface area contributed by atoms with E-state index in [1.165, 1.54) is 0 Å². The molecule has 1 aromatic rings. The Labute approximate surface area is 108 Å². The van der Waals surface area contributed by atoms with Gasteiger partial charge in [0.15, 0.2) is 0 Å². The lowest BCUT2D eigenvalue weighted by atomic mass is 10.0. The molecule has 4 nitrogen and oxygen atoms in total. The van der Waals surface area contributed by atoms with Crippen LogP contribution in [0.2, 0.25) is 0 Å². The molecule has 1 N–H and O–H groups in total. The molecular formula is C14H22N2O2. The molecule has 2 rings (SSSR count). The van der Waals surface area contributed by atoms with Crippen LogP contribution in [0, 0.1) is 6.92 Å². The van der Waals surface area contributed by atoms with E-state index in [-0.39, 0.29) is 11.9 Å². The summed E-state index contributed by atoms with van der Waals surface area (Å²) in [5.41, 5.74) is 0. The Bertz CT molecular complexity index is 412. The van der Waals surface area contributed by atoms with Gasteiger partial charge in [0.2, 0.25) is 5.91 Å². The Balaban J connectivity index is 1.98. The molecule has 1 amide bonds. The third-order valence-electron chi connectivity index (χ3n) is 3.21. The van der Waals surface area contributed by atoms with Crippen molar-refractivity contribution in [3.8, 4) is 0 Å². The summed E-state index contributed by atoms with van der Waals surface area (Å²) in [4.78, 5) is 14.2. The molecule has 1 saturated heterocycles. The zero-order valence-electron chi connectivity index (χ0n) is 11.4. The van der Waals surface area contributed by atoms with Crippen LogP contribution in [0.25, 0.3) is 0 Å². The Hall–Kier alpha value is -1.29. The maximum Gasteiger partial charge on any atom is 0.240 e. The maximum absolute atomic E-state index is 12.3. The molecule has 1 atom stereocenters. The highest BCUT2D eigenvalue weighted by atomic mass is 16.3. The van der Waals surface area contributed by atoms with E-state index in [1.54, 1.807) is 0 Å². The van der Waals surface area contributed by atoms with Crippen LogP contribution < -0.4 is 5.32 Å². The number of carbonyl (C=O) groups is 1. The van der Waals surface area contributed by atoms with Crippen LogP contribution in [0.4, 0.5) is 0 Å². The highest BCUT2D eigenvalue weighted by Crippen LogP contribution is 2.17. The lowest BCUT2D eigenvalue weighted by Gasteiger charge is -2.33. The van der Waals surface area contributed by atoms with Crippen LogP contribution in [0.1, 0.15) is 38.2 Å². The number of hydrogen-bond donors (Lipinski definition) is 1. The summed E-state index contributed by atoms with van der Waals surface area (Å²) in [6, 6.07) is 4.19. The number of nitrogens with zero attached hydrogens (tertiary/aromatic N) is 1. The number of carbonyl (C=O) groups excluding carboxylic acids is 1. The summed E-state index contributed by atoms with van der Waals surface area (Å²) in [6.45, 7) is 7.48. The number of furan rings is 1. The summed E-state index contributed by atoms with van der Waals surface area (Å²) in [5.74, 6) is 1.96. The molecule has 4 heteroatoms. The third kappa shape index (κ3) is 3.13. The topological polar surface area (TPSA) is 45.5 Å². The second-order valence-corrected chi connectivity index (χ2v) is 5.29. The minimum atomic E-state index is -0.0326. The van der Waals surface area contributed by atoms with Gasteiger partial charge < -0.3 is 14.6 Å². The molecular weight excluding hydrogens is 228 g/mol.